The molecule has 2 N–H and O–H groups in total. The van der Waals surface area contributed by atoms with Gasteiger partial charge in [-0.25, -0.2) is 0 Å². The van der Waals surface area contributed by atoms with Crippen molar-refractivity contribution in [2.45, 2.75) is 95.3 Å². The summed E-state index contributed by atoms with van der Waals surface area (Å²) in [5.41, 5.74) is 0. The summed E-state index contributed by atoms with van der Waals surface area (Å²) in [6.07, 6.45) is 14.8. The molecule has 0 rings (SSSR count). The highest BCUT2D eigenvalue weighted by Crippen LogP contribution is 3.01. The van der Waals surface area contributed by atoms with Crippen molar-refractivity contribution in [3.8, 4) is 0 Å². The largest absolute Gasteiger partial charge is 0.396 e. The minimum atomic E-state index is -9.50. The minimum absolute atomic E-state index is 0.0485. The molecule has 0 bridgehead atoms. The average Bonchev–Trinajstić information content (AvgIpc) is 2.62. The van der Waals surface area contributed by atoms with E-state index in [2.05, 4.69) is 17.3 Å². The lowest BCUT2D eigenvalue weighted by Gasteiger charge is -2.41. The van der Waals surface area contributed by atoms with Gasteiger partial charge >= 0.3 is 9.44 Å². The third-order valence-electron chi connectivity index (χ3n) is 4.24. The van der Waals surface area contributed by atoms with E-state index >= 15 is 0 Å². The van der Waals surface area contributed by atoms with Crippen molar-refractivity contribution in [2.24, 2.45) is 0 Å². The number of hydrogen-bond donors (Lipinski definition) is 2. The fourth-order valence-electron chi connectivity index (χ4n) is 2.72. The van der Waals surface area contributed by atoms with Crippen LogP contribution in [0.2, 0.25) is 0 Å². The van der Waals surface area contributed by atoms with Gasteiger partial charge in [0.05, 0.1) is 16.1 Å². The number of unbranched alkanes of at least 4 members (excludes halogenated alkanes) is 11. The second-order valence-electron chi connectivity index (χ2n) is 8.32. The maximum atomic E-state index is 12.1. The summed E-state index contributed by atoms with van der Waals surface area (Å²) in [6, 6.07) is 0. The van der Waals surface area contributed by atoms with Gasteiger partial charge in [-0.15, -0.1) is 18.2 Å². The molecule has 228 valence electrons. The molecule has 0 amide bonds. The van der Waals surface area contributed by atoms with E-state index in [1.165, 1.54) is 32.1 Å². The zero-order valence-electron chi connectivity index (χ0n) is 20.1. The Morgan fingerprint density at radius 1 is 0.611 bits per heavy atom. The van der Waals surface area contributed by atoms with E-state index in [1.54, 1.807) is 0 Å². The molecule has 0 aliphatic carbocycles. The number of allylic oxidation sites excluding steroid dienone is 1. The molecule has 1 atom stereocenters. The van der Waals surface area contributed by atoms with Gasteiger partial charge < -0.3 is 10.2 Å². The van der Waals surface area contributed by atoms with Crippen LogP contribution >= 0.6 is 41.9 Å². The van der Waals surface area contributed by atoms with E-state index in [0.29, 0.717) is 25.9 Å². The Labute approximate surface area is 217 Å². The molecule has 0 radical (unpaired) electrons. The van der Waals surface area contributed by atoms with Crippen molar-refractivity contribution >= 4 is 41.9 Å². The Kier molecular flexibility index (Phi) is 17.8. The van der Waals surface area contributed by atoms with Gasteiger partial charge in [-0.05, 0) is 32.1 Å². The monoisotopic (exact) mass is 636 g/mol. The van der Waals surface area contributed by atoms with Gasteiger partial charge in [0.25, 0.3) is 10.2 Å². The van der Waals surface area contributed by atoms with Crippen LogP contribution in [0.25, 0.3) is 0 Å². The summed E-state index contributed by atoms with van der Waals surface area (Å²) in [4.78, 5) is 0. The van der Waals surface area contributed by atoms with Crippen molar-refractivity contribution in [3.05, 3.63) is 12.7 Å². The molecule has 36 heavy (non-hydrogen) atoms. The SMILES string of the molecule is C=CCCCCCCCCO.FS(F)(F)(F)(F)Cl.OCCCCCCCCC(Cl)CS(F)(F)(F)(F)F. The van der Waals surface area contributed by atoms with Gasteiger partial charge in [0, 0.05) is 13.2 Å². The van der Waals surface area contributed by atoms with E-state index in [0.717, 1.165) is 32.1 Å². The van der Waals surface area contributed by atoms with Gasteiger partial charge in [0.15, 0.2) is 0 Å². The maximum absolute atomic E-state index is 12.1. The van der Waals surface area contributed by atoms with Crippen molar-refractivity contribution in [1.29, 1.82) is 0 Å². The van der Waals surface area contributed by atoms with Crippen LogP contribution in [0.4, 0.5) is 38.9 Å². The Morgan fingerprint density at radius 3 is 1.22 bits per heavy atom. The van der Waals surface area contributed by atoms with Crippen molar-refractivity contribution in [1.82, 2.24) is 0 Å². The number of alkyl halides is 1. The minimum Gasteiger partial charge on any atom is -0.396 e. The van der Waals surface area contributed by atoms with Gasteiger partial charge in [-0.3, -0.25) is 0 Å². The summed E-state index contributed by atoms with van der Waals surface area (Å²) in [5.74, 6) is -2.17. The van der Waals surface area contributed by atoms with Crippen LogP contribution in [0.5, 0.6) is 0 Å². The molecule has 0 aliphatic heterocycles. The Morgan fingerprint density at radius 2 is 0.917 bits per heavy atom. The highest BCUT2D eigenvalue weighted by atomic mass is 35.7. The summed E-state index contributed by atoms with van der Waals surface area (Å²) >= 11 is 5.30. The quantitative estimate of drug-likeness (QED) is 0.0680. The fraction of sp³-hybridized carbons (Fsp3) is 0.900. The molecular weight excluding hydrogens is 597 g/mol. The number of aliphatic hydroxyl groups excluding tert-OH is 2. The third kappa shape index (κ3) is 64.4. The fourth-order valence-corrected chi connectivity index (χ4v) is 4.44. The predicted octanol–water partition coefficient (Wildman–Crippen LogP) is 11.9. The number of aliphatic hydroxyl groups is 2. The molecule has 2 nitrogen and oxygen atoms in total. The van der Waals surface area contributed by atoms with Crippen LogP contribution < -0.4 is 0 Å². The molecule has 0 saturated heterocycles. The van der Waals surface area contributed by atoms with Crippen molar-refractivity contribution < 1.29 is 49.1 Å². The first kappa shape index (κ1) is 40.7. The highest BCUT2D eigenvalue weighted by molar-refractivity contribution is 8.62. The van der Waals surface area contributed by atoms with Gasteiger partial charge in [-0.1, -0.05) is 103 Å². The maximum Gasteiger partial charge on any atom is 0.361 e. The molecule has 0 aromatic heterocycles. The lowest BCUT2D eigenvalue weighted by molar-refractivity contribution is 0.282. The second-order valence-corrected chi connectivity index (χ2v) is 15.0. The highest BCUT2D eigenvalue weighted by Gasteiger charge is 2.64. The molecule has 16 heteroatoms. The molecule has 0 aromatic carbocycles. The number of halogens is 12. The number of hydrogen-bond acceptors (Lipinski definition) is 2. The van der Waals surface area contributed by atoms with Crippen LogP contribution in [-0.4, -0.2) is 34.6 Å². The van der Waals surface area contributed by atoms with Crippen LogP contribution in [0.1, 0.15) is 89.9 Å². The van der Waals surface area contributed by atoms with Gasteiger partial charge in [-0.2, -0.15) is 0 Å². The van der Waals surface area contributed by atoms with Crippen LogP contribution in [0.15, 0.2) is 12.7 Å². The van der Waals surface area contributed by atoms with E-state index in [4.69, 9.17) is 21.8 Å². The molecule has 0 spiro atoms. The molecule has 0 saturated carbocycles. The zero-order chi connectivity index (χ0) is 29.1. The van der Waals surface area contributed by atoms with Crippen LogP contribution in [0, 0.1) is 0 Å². The summed E-state index contributed by atoms with van der Waals surface area (Å²) in [5, 5.41) is 15.5. The van der Waals surface area contributed by atoms with E-state index in [9.17, 15) is 38.9 Å². The third-order valence-corrected chi connectivity index (χ3v) is 5.83. The van der Waals surface area contributed by atoms with Crippen LogP contribution in [-0.2, 0) is 0 Å². The van der Waals surface area contributed by atoms with E-state index in [-0.39, 0.29) is 13.0 Å². The first-order chi connectivity index (χ1) is 15.8. The zero-order valence-corrected chi connectivity index (χ0v) is 23.3. The molecular formula is C20H40Cl2F10O2S2. The topological polar surface area (TPSA) is 40.5 Å². The first-order valence-corrected chi connectivity index (χ1v) is 16.8. The van der Waals surface area contributed by atoms with Crippen molar-refractivity contribution in [2.75, 3.05) is 19.0 Å². The van der Waals surface area contributed by atoms with E-state index in [1.807, 2.05) is 6.08 Å². The average molecular weight is 638 g/mol. The predicted molar refractivity (Wildman–Crippen MR) is 136 cm³/mol. The van der Waals surface area contributed by atoms with E-state index < -0.39 is 30.8 Å². The Balaban J connectivity index is -0.000000512. The summed E-state index contributed by atoms with van der Waals surface area (Å²) in [7, 11) is -16.0. The lowest BCUT2D eigenvalue weighted by atomic mass is 10.1. The normalized spacial score (nSPS) is 16.6. The molecule has 0 aliphatic rings. The molecule has 1 unspecified atom stereocenters. The summed E-state index contributed by atoms with van der Waals surface area (Å²) < 4.78 is 112. The van der Waals surface area contributed by atoms with Gasteiger partial charge in [0.2, 0.25) is 0 Å². The Hall–Kier alpha value is 0.240. The molecule has 0 aromatic rings. The standard InChI is InChI=1S/C10H20ClF5OS.C10H20O.ClF5S/c11-10(9-18(12,13,14,15)16)7-5-3-1-2-4-6-8-17;1-2-3-4-5-6-7-8-9-10-11;1-7(2,3,4,5)6/h10,17H,1-9H2;2,11H,1,3-10H2;. The smallest absolute Gasteiger partial charge is 0.361 e. The van der Waals surface area contributed by atoms with Gasteiger partial charge in [0.1, 0.15) is 5.75 Å². The Bertz CT molecular complexity index is 562. The first-order valence-electron chi connectivity index (χ1n) is 11.5. The van der Waals surface area contributed by atoms with Crippen molar-refractivity contribution in [3.63, 3.8) is 0 Å². The lowest BCUT2D eigenvalue weighted by Crippen LogP contribution is -2.19. The molecule has 0 heterocycles. The number of rotatable bonds is 18. The summed E-state index contributed by atoms with van der Waals surface area (Å²) in [6.45, 7) is 4.16. The molecule has 0 fully saturated rings. The van der Waals surface area contributed by atoms with Crippen LogP contribution in [0.3, 0.4) is 0 Å². The second kappa shape index (κ2) is 15.7.